The van der Waals surface area contributed by atoms with Gasteiger partial charge in [-0.25, -0.2) is 0 Å². The smallest absolute Gasteiger partial charge is 0.237 e. The van der Waals surface area contributed by atoms with E-state index in [1.165, 1.54) is 6.42 Å². The zero-order valence-electron chi connectivity index (χ0n) is 10.3. The molecule has 0 saturated carbocycles. The maximum Gasteiger partial charge on any atom is 0.237 e. The van der Waals surface area contributed by atoms with E-state index in [1.54, 1.807) is 0 Å². The molecule has 0 aliphatic carbocycles. The van der Waals surface area contributed by atoms with Crippen molar-refractivity contribution < 1.29 is 9.90 Å². The Kier molecular flexibility index (Phi) is 5.77. The number of hydrogen-bond donors (Lipinski definition) is 3. The average molecular weight is 228 g/mol. The van der Waals surface area contributed by atoms with Crippen molar-refractivity contribution in [1.82, 2.24) is 10.6 Å². The lowest BCUT2D eigenvalue weighted by molar-refractivity contribution is -0.124. The van der Waals surface area contributed by atoms with Gasteiger partial charge in [0.05, 0.1) is 18.7 Å². The molecule has 1 amide bonds. The van der Waals surface area contributed by atoms with Crippen LogP contribution in [0.15, 0.2) is 0 Å². The molecule has 4 nitrogen and oxygen atoms in total. The summed E-state index contributed by atoms with van der Waals surface area (Å²) in [6, 6.07) is -0.201. The van der Waals surface area contributed by atoms with Gasteiger partial charge < -0.3 is 15.7 Å². The van der Waals surface area contributed by atoms with Crippen molar-refractivity contribution in [2.24, 2.45) is 5.92 Å². The van der Waals surface area contributed by atoms with Gasteiger partial charge in [-0.1, -0.05) is 26.7 Å². The molecule has 0 radical (unpaired) electrons. The van der Waals surface area contributed by atoms with E-state index in [-0.39, 0.29) is 30.5 Å². The van der Waals surface area contributed by atoms with E-state index in [4.69, 9.17) is 5.11 Å². The second-order valence-electron chi connectivity index (χ2n) is 4.90. The van der Waals surface area contributed by atoms with Crippen molar-refractivity contribution in [1.29, 1.82) is 0 Å². The highest BCUT2D eigenvalue weighted by atomic mass is 16.3. The quantitative estimate of drug-likeness (QED) is 0.662. The Bertz CT molecular complexity index is 211. The van der Waals surface area contributed by atoms with E-state index in [9.17, 15) is 4.79 Å². The molecule has 0 spiro atoms. The molecule has 3 N–H and O–H groups in total. The van der Waals surface area contributed by atoms with Crippen molar-refractivity contribution in [3.8, 4) is 0 Å². The minimum absolute atomic E-state index is 0.0100. The van der Waals surface area contributed by atoms with Crippen LogP contribution in [0.1, 0.15) is 39.5 Å². The van der Waals surface area contributed by atoms with Crippen LogP contribution in [-0.2, 0) is 4.79 Å². The van der Waals surface area contributed by atoms with Crippen molar-refractivity contribution in [3.05, 3.63) is 0 Å². The summed E-state index contributed by atoms with van der Waals surface area (Å²) in [5.41, 5.74) is 0. The van der Waals surface area contributed by atoms with Crippen molar-refractivity contribution in [3.63, 3.8) is 0 Å². The van der Waals surface area contributed by atoms with Gasteiger partial charge in [0.25, 0.3) is 0 Å². The Morgan fingerprint density at radius 1 is 1.44 bits per heavy atom. The van der Waals surface area contributed by atoms with Crippen molar-refractivity contribution in [2.75, 3.05) is 13.2 Å². The summed E-state index contributed by atoms with van der Waals surface area (Å²) >= 11 is 0. The third kappa shape index (κ3) is 4.10. The van der Waals surface area contributed by atoms with E-state index >= 15 is 0 Å². The van der Waals surface area contributed by atoms with E-state index < -0.39 is 0 Å². The number of nitrogens with one attached hydrogen (secondary N) is 2. The van der Waals surface area contributed by atoms with Crippen LogP contribution in [0.4, 0.5) is 0 Å². The molecule has 94 valence electrons. The van der Waals surface area contributed by atoms with Crippen LogP contribution >= 0.6 is 0 Å². The summed E-state index contributed by atoms with van der Waals surface area (Å²) in [5, 5.41) is 15.3. The number of aliphatic hydroxyl groups excluding tert-OH is 1. The molecule has 0 aromatic carbocycles. The molecular formula is C12H24N2O2. The van der Waals surface area contributed by atoms with Gasteiger partial charge >= 0.3 is 0 Å². The Morgan fingerprint density at radius 2 is 2.19 bits per heavy atom. The second-order valence-corrected chi connectivity index (χ2v) is 4.90. The van der Waals surface area contributed by atoms with Crippen molar-refractivity contribution >= 4 is 5.91 Å². The zero-order chi connectivity index (χ0) is 12.0. The predicted octanol–water partition coefficient (Wildman–Crippen LogP) is 0.652. The lowest BCUT2D eigenvalue weighted by Gasteiger charge is -2.23. The first kappa shape index (κ1) is 13.5. The number of carbonyl (C=O) groups is 1. The molecule has 1 aliphatic rings. The first-order valence-corrected chi connectivity index (χ1v) is 6.29. The largest absolute Gasteiger partial charge is 0.394 e. The molecule has 16 heavy (non-hydrogen) atoms. The van der Waals surface area contributed by atoms with Gasteiger partial charge in [-0.3, -0.25) is 4.79 Å². The van der Waals surface area contributed by atoms with Gasteiger partial charge in [-0.2, -0.15) is 0 Å². The lowest BCUT2D eigenvalue weighted by atomic mass is 10.0. The van der Waals surface area contributed by atoms with Crippen LogP contribution in [0.2, 0.25) is 0 Å². The topological polar surface area (TPSA) is 61.4 Å². The van der Waals surface area contributed by atoms with Gasteiger partial charge in [-0.15, -0.1) is 0 Å². The molecule has 0 aromatic rings. The third-order valence-electron chi connectivity index (χ3n) is 3.21. The van der Waals surface area contributed by atoms with Gasteiger partial charge in [0.2, 0.25) is 5.91 Å². The van der Waals surface area contributed by atoms with E-state index in [1.807, 2.05) is 13.8 Å². The van der Waals surface area contributed by atoms with Crippen LogP contribution in [-0.4, -0.2) is 36.2 Å². The minimum atomic E-state index is -0.127. The number of hydrogen-bond acceptors (Lipinski definition) is 3. The summed E-state index contributed by atoms with van der Waals surface area (Å²) in [5.74, 6) is 0.300. The summed E-state index contributed by atoms with van der Waals surface area (Å²) < 4.78 is 0. The van der Waals surface area contributed by atoms with Gasteiger partial charge in [0, 0.05) is 0 Å². The van der Waals surface area contributed by atoms with Crippen LogP contribution in [0, 0.1) is 5.92 Å². The molecule has 1 heterocycles. The Balaban J connectivity index is 2.42. The summed E-state index contributed by atoms with van der Waals surface area (Å²) in [6.07, 6.45) is 4.36. The van der Waals surface area contributed by atoms with Gasteiger partial charge in [0.1, 0.15) is 0 Å². The van der Waals surface area contributed by atoms with Crippen LogP contribution < -0.4 is 10.6 Å². The zero-order valence-corrected chi connectivity index (χ0v) is 10.3. The van der Waals surface area contributed by atoms with Crippen LogP contribution in [0.25, 0.3) is 0 Å². The molecule has 1 aliphatic heterocycles. The highest BCUT2D eigenvalue weighted by Crippen LogP contribution is 2.09. The second kappa shape index (κ2) is 6.86. The SMILES string of the molecule is CC(C)[C@@H](CO)NC(=O)C1CCCCCN1. The van der Waals surface area contributed by atoms with E-state index in [2.05, 4.69) is 10.6 Å². The summed E-state index contributed by atoms with van der Waals surface area (Å²) in [6.45, 7) is 4.93. The highest BCUT2D eigenvalue weighted by Gasteiger charge is 2.22. The summed E-state index contributed by atoms with van der Waals surface area (Å²) in [4.78, 5) is 11.9. The minimum Gasteiger partial charge on any atom is -0.394 e. The Morgan fingerprint density at radius 3 is 2.81 bits per heavy atom. The standard InChI is InChI=1S/C12H24N2O2/c1-9(2)11(8-15)14-12(16)10-6-4-3-5-7-13-10/h9-11,13,15H,3-8H2,1-2H3,(H,14,16)/t10?,11-/m1/s1. The molecule has 4 heteroatoms. The molecule has 1 fully saturated rings. The first-order valence-electron chi connectivity index (χ1n) is 6.29. The monoisotopic (exact) mass is 228 g/mol. The fourth-order valence-electron chi connectivity index (χ4n) is 1.96. The van der Waals surface area contributed by atoms with Crippen LogP contribution in [0.3, 0.4) is 0 Å². The number of carbonyl (C=O) groups excluding carboxylic acids is 1. The molecule has 1 unspecified atom stereocenters. The molecule has 1 rings (SSSR count). The average Bonchev–Trinajstić information content (AvgIpc) is 2.53. The maximum absolute atomic E-state index is 11.9. The molecule has 0 bridgehead atoms. The van der Waals surface area contributed by atoms with E-state index in [0.717, 1.165) is 25.8 Å². The fourth-order valence-corrected chi connectivity index (χ4v) is 1.96. The van der Waals surface area contributed by atoms with E-state index in [0.29, 0.717) is 0 Å². The lowest BCUT2D eigenvalue weighted by Crippen LogP contribution is -2.50. The first-order chi connectivity index (χ1) is 7.65. The number of rotatable bonds is 4. The van der Waals surface area contributed by atoms with Gasteiger partial charge in [0.15, 0.2) is 0 Å². The number of amides is 1. The molecule has 2 atom stereocenters. The Labute approximate surface area is 97.8 Å². The molecule has 1 saturated heterocycles. The van der Waals surface area contributed by atoms with Crippen LogP contribution in [0.5, 0.6) is 0 Å². The Hall–Kier alpha value is -0.610. The predicted molar refractivity (Wildman–Crippen MR) is 64.1 cm³/mol. The normalized spacial score (nSPS) is 23.9. The molecule has 0 aromatic heterocycles. The van der Waals surface area contributed by atoms with Crippen molar-refractivity contribution in [2.45, 2.75) is 51.6 Å². The number of aliphatic hydroxyl groups is 1. The highest BCUT2D eigenvalue weighted by molar-refractivity contribution is 5.82. The van der Waals surface area contributed by atoms with Gasteiger partial charge in [-0.05, 0) is 25.3 Å². The summed E-state index contributed by atoms with van der Waals surface area (Å²) in [7, 11) is 0. The fraction of sp³-hybridized carbons (Fsp3) is 0.917. The maximum atomic E-state index is 11.9. The third-order valence-corrected chi connectivity index (χ3v) is 3.21. The molecular weight excluding hydrogens is 204 g/mol.